The van der Waals surface area contributed by atoms with Crippen LogP contribution in [0, 0.1) is 0 Å². The Balaban J connectivity index is 2.64. The number of nitrogens with zero attached hydrogens (tertiary/aromatic N) is 1. The lowest BCUT2D eigenvalue weighted by Gasteiger charge is -2.30. The molecule has 0 bridgehead atoms. The molecule has 1 saturated heterocycles. The maximum absolute atomic E-state index is 11.9. The summed E-state index contributed by atoms with van der Waals surface area (Å²) in [5, 5.41) is 11.3. The van der Waals surface area contributed by atoms with Gasteiger partial charge in [-0.15, -0.1) is 0 Å². The summed E-state index contributed by atoms with van der Waals surface area (Å²) in [6.07, 6.45) is 0. The Hall–Kier alpha value is -1.50. The van der Waals surface area contributed by atoms with Gasteiger partial charge in [-0.05, 0) is 13.8 Å². The fourth-order valence-electron chi connectivity index (χ4n) is 1.60. The van der Waals surface area contributed by atoms with Crippen molar-refractivity contribution in [1.82, 2.24) is 10.2 Å². The van der Waals surface area contributed by atoms with Gasteiger partial charge in [-0.2, -0.15) is 11.8 Å². The van der Waals surface area contributed by atoms with Gasteiger partial charge in [-0.1, -0.05) is 6.92 Å². The van der Waals surface area contributed by atoms with Gasteiger partial charge in [0.1, 0.15) is 0 Å². The SMILES string of the molecule is CC(C(=O)O)=C(C)C(=O)NC(=O)N1CCSC(C)C1. The summed E-state index contributed by atoms with van der Waals surface area (Å²) in [6.45, 7) is 5.92. The Kier molecular flexibility index (Phi) is 5.41. The highest BCUT2D eigenvalue weighted by Crippen LogP contribution is 2.17. The molecule has 19 heavy (non-hydrogen) atoms. The number of imide groups is 1. The number of thioether (sulfide) groups is 1. The summed E-state index contributed by atoms with van der Waals surface area (Å²) < 4.78 is 0. The molecule has 3 amide bonds. The van der Waals surface area contributed by atoms with E-state index in [4.69, 9.17) is 5.11 Å². The summed E-state index contributed by atoms with van der Waals surface area (Å²) in [5.74, 6) is -0.981. The number of nitrogens with one attached hydrogen (secondary N) is 1. The molecule has 0 aromatic heterocycles. The van der Waals surface area contributed by atoms with Gasteiger partial charge < -0.3 is 10.0 Å². The van der Waals surface area contributed by atoms with E-state index in [0.29, 0.717) is 18.3 Å². The smallest absolute Gasteiger partial charge is 0.331 e. The van der Waals surface area contributed by atoms with Gasteiger partial charge in [-0.25, -0.2) is 9.59 Å². The van der Waals surface area contributed by atoms with E-state index in [1.165, 1.54) is 13.8 Å². The highest BCUT2D eigenvalue weighted by molar-refractivity contribution is 7.99. The third kappa shape index (κ3) is 4.27. The lowest BCUT2D eigenvalue weighted by atomic mass is 10.1. The molecule has 0 aromatic rings. The molecule has 0 aromatic carbocycles. The van der Waals surface area contributed by atoms with E-state index in [9.17, 15) is 14.4 Å². The number of hydrogen-bond acceptors (Lipinski definition) is 4. The first kappa shape index (κ1) is 15.6. The van der Waals surface area contributed by atoms with Crippen molar-refractivity contribution in [1.29, 1.82) is 0 Å². The van der Waals surface area contributed by atoms with E-state index in [2.05, 4.69) is 5.32 Å². The first-order valence-corrected chi connectivity index (χ1v) is 7.00. The number of urea groups is 1. The average molecular weight is 286 g/mol. The van der Waals surface area contributed by atoms with Crippen molar-refractivity contribution in [3.05, 3.63) is 11.1 Å². The predicted octanol–water partition coefficient (Wildman–Crippen LogP) is 1.08. The van der Waals surface area contributed by atoms with Crippen LogP contribution in [0.2, 0.25) is 0 Å². The zero-order valence-corrected chi connectivity index (χ0v) is 12.0. The molecule has 1 heterocycles. The van der Waals surface area contributed by atoms with E-state index in [-0.39, 0.29) is 11.1 Å². The highest BCUT2D eigenvalue weighted by atomic mass is 32.2. The first-order valence-electron chi connectivity index (χ1n) is 5.95. The molecule has 106 valence electrons. The molecular formula is C12H18N2O4S. The van der Waals surface area contributed by atoms with Crippen molar-refractivity contribution in [2.75, 3.05) is 18.8 Å². The van der Waals surface area contributed by atoms with E-state index < -0.39 is 17.9 Å². The maximum Gasteiger partial charge on any atom is 0.331 e. The number of amides is 3. The summed E-state index contributed by atoms with van der Waals surface area (Å²) >= 11 is 1.78. The highest BCUT2D eigenvalue weighted by Gasteiger charge is 2.23. The van der Waals surface area contributed by atoms with Crippen molar-refractivity contribution in [3.8, 4) is 0 Å². The minimum Gasteiger partial charge on any atom is -0.478 e. The number of carbonyl (C=O) groups is 3. The van der Waals surface area contributed by atoms with Crippen molar-refractivity contribution in [3.63, 3.8) is 0 Å². The normalized spacial score (nSPS) is 20.6. The number of aliphatic carboxylic acids is 1. The molecule has 1 rings (SSSR count). The van der Waals surface area contributed by atoms with Crippen molar-refractivity contribution in [2.45, 2.75) is 26.0 Å². The molecule has 7 heteroatoms. The summed E-state index contributed by atoms with van der Waals surface area (Å²) in [7, 11) is 0. The zero-order valence-electron chi connectivity index (χ0n) is 11.2. The van der Waals surface area contributed by atoms with Gasteiger partial charge in [0.25, 0.3) is 5.91 Å². The summed E-state index contributed by atoms with van der Waals surface area (Å²) in [4.78, 5) is 35.9. The molecule has 1 aliphatic rings. The van der Waals surface area contributed by atoms with Gasteiger partial charge in [0, 0.05) is 35.2 Å². The van der Waals surface area contributed by atoms with Crippen LogP contribution >= 0.6 is 11.8 Å². The van der Waals surface area contributed by atoms with Gasteiger partial charge in [-0.3, -0.25) is 10.1 Å². The molecule has 1 aliphatic heterocycles. The largest absolute Gasteiger partial charge is 0.478 e. The second-order valence-corrected chi connectivity index (χ2v) is 5.99. The van der Waals surface area contributed by atoms with Crippen LogP contribution in [-0.2, 0) is 9.59 Å². The van der Waals surface area contributed by atoms with Crippen LogP contribution in [0.25, 0.3) is 0 Å². The molecule has 1 unspecified atom stereocenters. The monoisotopic (exact) mass is 286 g/mol. The fourth-order valence-corrected chi connectivity index (χ4v) is 2.62. The van der Waals surface area contributed by atoms with Gasteiger partial charge in [0.15, 0.2) is 0 Å². The van der Waals surface area contributed by atoms with Crippen LogP contribution in [0.1, 0.15) is 20.8 Å². The van der Waals surface area contributed by atoms with Crippen LogP contribution in [0.4, 0.5) is 4.79 Å². The van der Waals surface area contributed by atoms with Crippen LogP contribution in [-0.4, -0.2) is 52.0 Å². The van der Waals surface area contributed by atoms with E-state index in [1.54, 1.807) is 16.7 Å². The average Bonchev–Trinajstić information content (AvgIpc) is 2.36. The second kappa shape index (κ2) is 6.60. The molecule has 0 radical (unpaired) electrons. The molecule has 6 nitrogen and oxygen atoms in total. The number of carboxylic acid groups (broad SMARTS) is 1. The van der Waals surface area contributed by atoms with Gasteiger partial charge in [0.05, 0.1) is 0 Å². The summed E-state index contributed by atoms with van der Waals surface area (Å²) in [5.41, 5.74) is -0.0202. The van der Waals surface area contributed by atoms with E-state index >= 15 is 0 Å². The first-order chi connectivity index (χ1) is 8.82. The minimum absolute atomic E-state index is 0.0419. The Morgan fingerprint density at radius 2 is 1.89 bits per heavy atom. The Morgan fingerprint density at radius 3 is 2.42 bits per heavy atom. The van der Waals surface area contributed by atoms with Crippen molar-refractivity contribution < 1.29 is 19.5 Å². The second-order valence-electron chi connectivity index (χ2n) is 4.44. The molecule has 0 aliphatic carbocycles. The van der Waals surface area contributed by atoms with Crippen molar-refractivity contribution >= 4 is 29.7 Å². The number of rotatable bonds is 2. The van der Waals surface area contributed by atoms with Crippen molar-refractivity contribution in [2.24, 2.45) is 0 Å². The standard InChI is InChI=1S/C12H18N2O4S/c1-7-6-14(4-5-19-7)12(18)13-10(15)8(2)9(3)11(16)17/h7H,4-6H2,1-3H3,(H,16,17)(H,13,15,18). The third-order valence-electron chi connectivity index (χ3n) is 2.97. The fraction of sp³-hybridized carbons (Fsp3) is 0.583. The van der Waals surface area contributed by atoms with Crippen LogP contribution < -0.4 is 5.32 Å². The Labute approximate surface area is 116 Å². The van der Waals surface area contributed by atoms with Crippen LogP contribution in [0.5, 0.6) is 0 Å². The number of carbonyl (C=O) groups excluding carboxylic acids is 2. The molecular weight excluding hydrogens is 268 g/mol. The Bertz CT molecular complexity index is 433. The van der Waals surface area contributed by atoms with E-state index in [1.807, 2.05) is 6.92 Å². The molecule has 0 saturated carbocycles. The molecule has 0 spiro atoms. The minimum atomic E-state index is -1.16. The number of hydrogen-bond donors (Lipinski definition) is 2. The third-order valence-corrected chi connectivity index (χ3v) is 4.11. The summed E-state index contributed by atoms with van der Waals surface area (Å²) in [6, 6.07) is -0.463. The lowest BCUT2D eigenvalue weighted by Crippen LogP contribution is -2.48. The molecule has 2 N–H and O–H groups in total. The van der Waals surface area contributed by atoms with Gasteiger partial charge in [0.2, 0.25) is 0 Å². The topological polar surface area (TPSA) is 86.7 Å². The van der Waals surface area contributed by atoms with Crippen LogP contribution in [0.15, 0.2) is 11.1 Å². The van der Waals surface area contributed by atoms with Crippen LogP contribution in [0.3, 0.4) is 0 Å². The molecule has 1 fully saturated rings. The number of carboxylic acids is 1. The van der Waals surface area contributed by atoms with E-state index in [0.717, 1.165) is 5.75 Å². The maximum atomic E-state index is 11.9. The Morgan fingerprint density at radius 1 is 1.26 bits per heavy atom. The molecule has 1 atom stereocenters. The zero-order chi connectivity index (χ0) is 14.6. The predicted molar refractivity (Wildman–Crippen MR) is 73.0 cm³/mol. The lowest BCUT2D eigenvalue weighted by molar-refractivity contribution is -0.133. The quantitative estimate of drug-likeness (QED) is 0.742. The van der Waals surface area contributed by atoms with Gasteiger partial charge >= 0.3 is 12.0 Å².